The molecule has 0 bridgehead atoms. The van der Waals surface area contributed by atoms with Gasteiger partial charge in [-0.1, -0.05) is 24.4 Å². The fourth-order valence-corrected chi connectivity index (χ4v) is 5.22. The molecule has 1 aromatic heterocycles. The minimum Gasteiger partial charge on any atom is -0.327 e. The fourth-order valence-electron chi connectivity index (χ4n) is 3.20. The topological polar surface area (TPSA) is 99.3 Å². The van der Waals surface area contributed by atoms with Crippen molar-refractivity contribution in [2.75, 3.05) is 18.4 Å². The fraction of sp³-hybridized carbons (Fsp3) is 0.368. The summed E-state index contributed by atoms with van der Waals surface area (Å²) in [5.41, 5.74) is -2.88. The number of carbonyl (C=O) groups excluding carboxylic acids is 1. The van der Waals surface area contributed by atoms with Gasteiger partial charge in [0.05, 0.1) is 10.6 Å². The van der Waals surface area contributed by atoms with Crippen LogP contribution in [-0.4, -0.2) is 36.7 Å². The highest BCUT2D eigenvalue weighted by molar-refractivity contribution is 7.89. The smallest absolute Gasteiger partial charge is 0.327 e. The highest BCUT2D eigenvalue weighted by Gasteiger charge is 2.32. The van der Waals surface area contributed by atoms with Crippen LogP contribution in [-0.2, 0) is 16.2 Å². The first-order valence-corrected chi connectivity index (χ1v) is 11.2. The van der Waals surface area contributed by atoms with Crippen LogP contribution in [0, 0.1) is 0 Å². The Morgan fingerprint density at radius 3 is 2.35 bits per heavy atom. The number of rotatable bonds is 4. The Labute approximate surface area is 181 Å². The van der Waals surface area contributed by atoms with E-state index in [-0.39, 0.29) is 15.5 Å². The summed E-state index contributed by atoms with van der Waals surface area (Å²) < 4.78 is 66.0. The number of carbonyl (C=O) groups is 1. The molecule has 168 valence electrons. The number of benzene rings is 1. The van der Waals surface area contributed by atoms with Gasteiger partial charge < -0.3 is 10.3 Å². The average Bonchev–Trinajstić information content (AvgIpc) is 2.99. The number of H-pyrrole nitrogens is 1. The largest absolute Gasteiger partial charge is 0.417 e. The zero-order valence-corrected chi connectivity index (χ0v) is 17.7. The number of sulfonamides is 1. The Kier molecular flexibility index (Phi) is 6.77. The first kappa shape index (κ1) is 23.3. The lowest BCUT2D eigenvalue weighted by molar-refractivity contribution is -0.137. The second-order valence-electron chi connectivity index (χ2n) is 7.05. The van der Waals surface area contributed by atoms with E-state index in [1.807, 2.05) is 4.98 Å². The van der Waals surface area contributed by atoms with E-state index >= 15 is 0 Å². The van der Waals surface area contributed by atoms with Crippen molar-refractivity contribution in [2.24, 2.45) is 0 Å². The summed E-state index contributed by atoms with van der Waals surface area (Å²) in [4.78, 5) is 26.0. The monoisotopic (exact) mass is 477 g/mol. The van der Waals surface area contributed by atoms with Crippen LogP contribution in [0.4, 0.5) is 18.9 Å². The lowest BCUT2D eigenvalue weighted by Crippen LogP contribution is -2.32. The van der Waals surface area contributed by atoms with Crippen molar-refractivity contribution in [3.05, 3.63) is 57.0 Å². The Morgan fingerprint density at radius 1 is 1.10 bits per heavy atom. The molecule has 0 saturated carbocycles. The number of amides is 1. The Morgan fingerprint density at radius 2 is 1.74 bits per heavy atom. The van der Waals surface area contributed by atoms with E-state index in [0.717, 1.165) is 18.9 Å². The van der Waals surface area contributed by atoms with Gasteiger partial charge in [-0.25, -0.2) is 8.42 Å². The van der Waals surface area contributed by atoms with Gasteiger partial charge in [0.2, 0.25) is 10.0 Å². The van der Waals surface area contributed by atoms with E-state index in [1.165, 1.54) is 16.4 Å². The maximum atomic E-state index is 13.0. The first-order chi connectivity index (χ1) is 14.5. The molecule has 31 heavy (non-hydrogen) atoms. The molecule has 12 heteroatoms. The van der Waals surface area contributed by atoms with Crippen LogP contribution in [0.25, 0.3) is 0 Å². The summed E-state index contributed by atoms with van der Waals surface area (Å²) in [7, 11) is -3.97. The van der Waals surface area contributed by atoms with Gasteiger partial charge in [-0.2, -0.15) is 17.5 Å². The van der Waals surface area contributed by atoms with Crippen LogP contribution in [0.2, 0.25) is 5.02 Å². The molecule has 2 N–H and O–H groups in total. The van der Waals surface area contributed by atoms with Crippen molar-refractivity contribution in [2.45, 2.75) is 36.8 Å². The number of aromatic amines is 1. The molecular weight excluding hydrogens is 459 g/mol. The van der Waals surface area contributed by atoms with Crippen LogP contribution in [0.1, 0.15) is 41.6 Å². The number of pyridine rings is 1. The molecule has 0 spiro atoms. The van der Waals surface area contributed by atoms with E-state index in [4.69, 9.17) is 11.6 Å². The Hall–Kier alpha value is -2.37. The highest BCUT2D eigenvalue weighted by Crippen LogP contribution is 2.30. The number of halogens is 4. The van der Waals surface area contributed by atoms with Gasteiger partial charge in [0, 0.05) is 24.8 Å². The molecular formula is C19H19ClF3N3O4S. The summed E-state index contributed by atoms with van der Waals surface area (Å²) in [5.74, 6) is -0.950. The van der Waals surface area contributed by atoms with Crippen LogP contribution >= 0.6 is 11.6 Å². The maximum absolute atomic E-state index is 13.0. The average molecular weight is 478 g/mol. The third kappa shape index (κ3) is 5.28. The third-order valence-electron chi connectivity index (χ3n) is 4.86. The van der Waals surface area contributed by atoms with Gasteiger partial charge in [0.25, 0.3) is 11.5 Å². The number of nitrogens with zero attached hydrogens (tertiary/aromatic N) is 1. The molecule has 1 amide bonds. The van der Waals surface area contributed by atoms with Gasteiger partial charge in [0.15, 0.2) is 0 Å². The second-order valence-corrected chi connectivity index (χ2v) is 9.36. The molecule has 0 radical (unpaired) electrons. The summed E-state index contributed by atoms with van der Waals surface area (Å²) >= 11 is 6.08. The summed E-state index contributed by atoms with van der Waals surface area (Å²) in [5, 5.41) is 2.01. The molecule has 1 aliphatic rings. The number of hydrogen-bond acceptors (Lipinski definition) is 4. The molecule has 1 aliphatic heterocycles. The number of anilines is 1. The van der Waals surface area contributed by atoms with Crippen LogP contribution in [0.3, 0.4) is 0 Å². The third-order valence-corrected chi connectivity index (χ3v) is 7.24. The molecule has 3 rings (SSSR count). The van der Waals surface area contributed by atoms with Crippen molar-refractivity contribution in [3.8, 4) is 0 Å². The van der Waals surface area contributed by atoms with Crippen molar-refractivity contribution in [3.63, 3.8) is 0 Å². The van der Waals surface area contributed by atoms with Crippen molar-refractivity contribution < 1.29 is 26.4 Å². The number of alkyl halides is 3. The van der Waals surface area contributed by atoms with Crippen LogP contribution in [0.5, 0.6) is 0 Å². The van der Waals surface area contributed by atoms with Crippen molar-refractivity contribution >= 4 is 33.2 Å². The van der Waals surface area contributed by atoms with Crippen LogP contribution in [0.15, 0.2) is 40.2 Å². The molecule has 7 nitrogen and oxygen atoms in total. The molecule has 2 heterocycles. The molecule has 1 aromatic carbocycles. The summed E-state index contributed by atoms with van der Waals surface area (Å²) in [6.45, 7) is 0.656. The summed E-state index contributed by atoms with van der Waals surface area (Å²) in [6, 6.07) is 4.00. The van der Waals surface area contributed by atoms with Crippen LogP contribution < -0.4 is 10.9 Å². The zero-order valence-electron chi connectivity index (χ0n) is 16.1. The maximum Gasteiger partial charge on any atom is 0.417 e. The molecule has 1 saturated heterocycles. The van der Waals surface area contributed by atoms with Gasteiger partial charge in [-0.05, 0) is 37.1 Å². The summed E-state index contributed by atoms with van der Waals surface area (Å²) in [6.07, 6.45) is -1.00. The normalized spacial score (nSPS) is 16.0. The predicted octanol–water partition coefficient (Wildman–Crippen LogP) is 3.86. The van der Waals surface area contributed by atoms with Crippen molar-refractivity contribution in [1.82, 2.24) is 9.29 Å². The predicted molar refractivity (Wildman–Crippen MR) is 109 cm³/mol. The Bertz CT molecular complexity index is 1140. The number of nitrogens with one attached hydrogen (secondary N) is 2. The molecule has 0 aliphatic carbocycles. The van der Waals surface area contributed by atoms with Crippen molar-refractivity contribution in [1.29, 1.82) is 0 Å². The molecule has 2 aromatic rings. The second kappa shape index (κ2) is 9.01. The standard InChI is InChI=1S/C19H19ClF3N3O4S/c20-14-6-5-12(9-16(14)31(29,30)26-7-3-1-2-4-8-26)17(27)25-15-10-13(19(21,22)23)11-24-18(15)28/h5-6,9-11H,1-4,7-8H2,(H,24,28)(H,25,27). The van der Waals surface area contributed by atoms with E-state index in [9.17, 15) is 31.2 Å². The lowest BCUT2D eigenvalue weighted by atomic mass is 10.2. The quantitative estimate of drug-likeness (QED) is 0.698. The van der Waals surface area contributed by atoms with Gasteiger partial charge >= 0.3 is 6.18 Å². The molecule has 0 unspecified atom stereocenters. The van der Waals surface area contributed by atoms with Gasteiger partial charge in [-0.15, -0.1) is 0 Å². The van der Waals surface area contributed by atoms with E-state index in [1.54, 1.807) is 0 Å². The number of hydrogen-bond donors (Lipinski definition) is 2. The van der Waals surface area contributed by atoms with E-state index in [2.05, 4.69) is 5.32 Å². The Balaban J connectivity index is 1.91. The highest BCUT2D eigenvalue weighted by atomic mass is 35.5. The molecule has 1 fully saturated rings. The minimum atomic E-state index is -4.72. The lowest BCUT2D eigenvalue weighted by Gasteiger charge is -2.21. The van der Waals surface area contributed by atoms with Gasteiger partial charge in [-0.3, -0.25) is 9.59 Å². The van der Waals surface area contributed by atoms with E-state index < -0.39 is 38.9 Å². The molecule has 0 atom stereocenters. The van der Waals surface area contributed by atoms with E-state index in [0.29, 0.717) is 38.2 Å². The first-order valence-electron chi connectivity index (χ1n) is 9.41. The zero-order chi connectivity index (χ0) is 22.8. The number of aromatic nitrogens is 1. The SMILES string of the molecule is O=C(Nc1cc(C(F)(F)F)c[nH]c1=O)c1ccc(Cl)c(S(=O)(=O)N2CCCCCC2)c1. The van der Waals surface area contributed by atoms with Gasteiger partial charge in [0.1, 0.15) is 10.6 Å². The minimum absolute atomic E-state index is 0.0855.